The Bertz CT molecular complexity index is 648. The van der Waals surface area contributed by atoms with Crippen molar-refractivity contribution in [3.63, 3.8) is 0 Å². The lowest BCUT2D eigenvalue weighted by Crippen LogP contribution is -2.32. The molecule has 1 N–H and O–H groups in total. The standard InChI is InChI=1S/C13H15Cl2NO4S/c1-8-9(2-3-20-8)7-16-13(17)10-4-11(14)6-12(5-10)21(15,18)19/h4-6,8-9H,2-3,7H2,1H3,(H,16,17). The van der Waals surface area contributed by atoms with E-state index < -0.39 is 15.0 Å². The lowest BCUT2D eigenvalue weighted by Gasteiger charge is -2.15. The molecule has 1 aromatic rings. The van der Waals surface area contributed by atoms with Crippen molar-refractivity contribution in [2.75, 3.05) is 13.2 Å². The second kappa shape index (κ2) is 6.52. The minimum absolute atomic E-state index is 0.100. The Hall–Kier alpha value is -0.820. The molecule has 0 bridgehead atoms. The molecule has 1 heterocycles. The highest BCUT2D eigenvalue weighted by atomic mass is 35.7. The second-order valence-electron chi connectivity index (χ2n) is 4.95. The maximum absolute atomic E-state index is 12.1. The molecule has 2 rings (SSSR count). The van der Waals surface area contributed by atoms with Crippen LogP contribution in [0.4, 0.5) is 0 Å². The van der Waals surface area contributed by atoms with Crippen LogP contribution in [-0.4, -0.2) is 33.6 Å². The lowest BCUT2D eigenvalue weighted by molar-refractivity contribution is 0.0907. The monoisotopic (exact) mass is 351 g/mol. The van der Waals surface area contributed by atoms with E-state index in [-0.39, 0.29) is 27.5 Å². The van der Waals surface area contributed by atoms with Gasteiger partial charge in [0.25, 0.3) is 15.0 Å². The van der Waals surface area contributed by atoms with Crippen molar-refractivity contribution in [2.24, 2.45) is 5.92 Å². The third-order valence-electron chi connectivity index (χ3n) is 3.47. The fraction of sp³-hybridized carbons (Fsp3) is 0.462. The highest BCUT2D eigenvalue weighted by molar-refractivity contribution is 8.13. The van der Waals surface area contributed by atoms with Crippen LogP contribution < -0.4 is 5.32 Å². The van der Waals surface area contributed by atoms with Gasteiger partial charge in [0.2, 0.25) is 0 Å². The maximum atomic E-state index is 12.1. The minimum atomic E-state index is -3.93. The first kappa shape index (κ1) is 16.5. The summed E-state index contributed by atoms with van der Waals surface area (Å²) in [6.07, 6.45) is 0.988. The van der Waals surface area contributed by atoms with Crippen molar-refractivity contribution < 1.29 is 17.9 Å². The number of amides is 1. The van der Waals surface area contributed by atoms with Gasteiger partial charge in [-0.25, -0.2) is 8.42 Å². The number of hydrogen-bond donors (Lipinski definition) is 1. The van der Waals surface area contributed by atoms with Gasteiger partial charge in [-0.15, -0.1) is 0 Å². The van der Waals surface area contributed by atoms with Crippen molar-refractivity contribution in [1.29, 1.82) is 0 Å². The van der Waals surface area contributed by atoms with Crippen LogP contribution in [0, 0.1) is 5.92 Å². The largest absolute Gasteiger partial charge is 0.378 e. The number of ether oxygens (including phenoxy) is 1. The fourth-order valence-corrected chi connectivity index (χ4v) is 3.31. The molecule has 21 heavy (non-hydrogen) atoms. The number of rotatable bonds is 4. The molecule has 0 aliphatic carbocycles. The Balaban J connectivity index is 2.10. The van der Waals surface area contributed by atoms with Crippen LogP contribution in [0.15, 0.2) is 23.1 Å². The maximum Gasteiger partial charge on any atom is 0.261 e. The van der Waals surface area contributed by atoms with E-state index in [1.807, 2.05) is 6.92 Å². The molecule has 1 saturated heterocycles. The Kier molecular flexibility index (Phi) is 5.14. The molecule has 2 unspecified atom stereocenters. The summed E-state index contributed by atoms with van der Waals surface area (Å²) >= 11 is 5.83. The third-order valence-corrected chi connectivity index (χ3v) is 5.02. The topological polar surface area (TPSA) is 72.5 Å². The Morgan fingerprint density at radius 1 is 1.43 bits per heavy atom. The van der Waals surface area contributed by atoms with Crippen LogP contribution in [-0.2, 0) is 13.8 Å². The zero-order valence-electron chi connectivity index (χ0n) is 11.3. The fourth-order valence-electron chi connectivity index (χ4n) is 2.20. The summed E-state index contributed by atoms with van der Waals surface area (Å²) in [5.41, 5.74) is 0.160. The van der Waals surface area contributed by atoms with Gasteiger partial charge in [0.05, 0.1) is 11.0 Å². The van der Waals surface area contributed by atoms with Crippen molar-refractivity contribution in [1.82, 2.24) is 5.32 Å². The SMILES string of the molecule is CC1OCCC1CNC(=O)c1cc(Cl)cc(S(=O)(=O)Cl)c1. The van der Waals surface area contributed by atoms with Gasteiger partial charge in [-0.2, -0.15) is 0 Å². The molecule has 1 aliphatic heterocycles. The van der Waals surface area contributed by atoms with E-state index in [4.69, 9.17) is 27.0 Å². The third kappa shape index (κ3) is 4.32. The van der Waals surface area contributed by atoms with Crippen LogP contribution in [0.2, 0.25) is 5.02 Å². The molecule has 1 fully saturated rings. The molecule has 0 radical (unpaired) electrons. The number of hydrogen-bond acceptors (Lipinski definition) is 4. The molecule has 8 heteroatoms. The Morgan fingerprint density at radius 2 is 2.14 bits per heavy atom. The summed E-state index contributed by atoms with van der Waals surface area (Å²) in [6.45, 7) is 3.12. The molecular formula is C13H15Cl2NO4S. The second-order valence-corrected chi connectivity index (χ2v) is 7.95. The Labute approximate surface area is 133 Å². The van der Waals surface area contributed by atoms with Gasteiger partial charge in [0, 0.05) is 40.3 Å². The van der Waals surface area contributed by atoms with Crippen LogP contribution in [0.25, 0.3) is 0 Å². The molecule has 0 saturated carbocycles. The van der Waals surface area contributed by atoms with Crippen LogP contribution in [0.1, 0.15) is 23.7 Å². The van der Waals surface area contributed by atoms with E-state index in [1.54, 1.807) is 0 Å². The molecule has 2 atom stereocenters. The molecule has 116 valence electrons. The minimum Gasteiger partial charge on any atom is -0.378 e. The van der Waals surface area contributed by atoms with Gasteiger partial charge in [0.1, 0.15) is 0 Å². The molecular weight excluding hydrogens is 337 g/mol. The zero-order valence-corrected chi connectivity index (χ0v) is 13.6. The van der Waals surface area contributed by atoms with Gasteiger partial charge in [0.15, 0.2) is 0 Å². The van der Waals surface area contributed by atoms with Crippen molar-refractivity contribution in [2.45, 2.75) is 24.3 Å². The van der Waals surface area contributed by atoms with Gasteiger partial charge in [-0.1, -0.05) is 11.6 Å². The van der Waals surface area contributed by atoms with Gasteiger partial charge < -0.3 is 10.1 Å². The zero-order chi connectivity index (χ0) is 15.6. The van der Waals surface area contributed by atoms with Crippen LogP contribution >= 0.6 is 22.3 Å². The molecule has 1 amide bonds. The van der Waals surface area contributed by atoms with Crippen molar-refractivity contribution >= 4 is 37.2 Å². The highest BCUT2D eigenvalue weighted by Crippen LogP contribution is 2.23. The van der Waals surface area contributed by atoms with E-state index in [2.05, 4.69) is 5.32 Å². The van der Waals surface area contributed by atoms with E-state index in [0.717, 1.165) is 6.42 Å². The summed E-state index contributed by atoms with van der Waals surface area (Å²) < 4.78 is 28.1. The average Bonchev–Trinajstić information content (AvgIpc) is 2.79. The average molecular weight is 352 g/mol. The summed E-state index contributed by atoms with van der Waals surface area (Å²) in [5.74, 6) is -0.137. The van der Waals surface area contributed by atoms with E-state index in [1.165, 1.54) is 18.2 Å². The number of carbonyl (C=O) groups is 1. The summed E-state index contributed by atoms with van der Waals surface area (Å²) in [4.78, 5) is 11.9. The summed E-state index contributed by atoms with van der Waals surface area (Å²) in [7, 11) is 1.34. The summed E-state index contributed by atoms with van der Waals surface area (Å²) in [6, 6.07) is 3.81. The number of carbonyl (C=O) groups excluding carboxylic acids is 1. The predicted octanol–water partition coefficient (Wildman–Crippen LogP) is 2.42. The first-order valence-corrected chi connectivity index (χ1v) is 9.11. The quantitative estimate of drug-likeness (QED) is 0.845. The van der Waals surface area contributed by atoms with Crippen molar-refractivity contribution in [3.05, 3.63) is 28.8 Å². The lowest BCUT2D eigenvalue weighted by atomic mass is 10.0. The molecule has 0 spiro atoms. The van der Waals surface area contributed by atoms with Crippen molar-refractivity contribution in [3.8, 4) is 0 Å². The molecule has 1 aromatic carbocycles. The number of benzene rings is 1. The molecule has 0 aromatic heterocycles. The highest BCUT2D eigenvalue weighted by Gasteiger charge is 2.25. The van der Waals surface area contributed by atoms with E-state index in [0.29, 0.717) is 13.2 Å². The smallest absolute Gasteiger partial charge is 0.261 e. The molecule has 5 nitrogen and oxygen atoms in total. The summed E-state index contributed by atoms with van der Waals surface area (Å²) in [5, 5.41) is 2.90. The van der Waals surface area contributed by atoms with Crippen LogP contribution in [0.3, 0.4) is 0 Å². The predicted molar refractivity (Wildman–Crippen MR) is 80.3 cm³/mol. The van der Waals surface area contributed by atoms with Crippen LogP contribution in [0.5, 0.6) is 0 Å². The van der Waals surface area contributed by atoms with E-state index in [9.17, 15) is 13.2 Å². The van der Waals surface area contributed by atoms with Gasteiger partial charge in [-0.05, 0) is 31.5 Å². The van der Waals surface area contributed by atoms with Gasteiger partial charge in [-0.3, -0.25) is 4.79 Å². The van der Waals surface area contributed by atoms with E-state index >= 15 is 0 Å². The molecule has 1 aliphatic rings. The Morgan fingerprint density at radius 3 is 2.71 bits per heavy atom. The normalized spacial score (nSPS) is 22.2. The number of nitrogens with one attached hydrogen (secondary N) is 1. The number of halogens is 2. The van der Waals surface area contributed by atoms with Gasteiger partial charge >= 0.3 is 0 Å². The first-order valence-electron chi connectivity index (χ1n) is 6.42. The first-order chi connectivity index (χ1) is 9.77.